The van der Waals surface area contributed by atoms with E-state index < -0.39 is 0 Å². The van der Waals surface area contributed by atoms with Crippen LogP contribution in [0.4, 0.5) is 0 Å². The van der Waals surface area contributed by atoms with Crippen LogP contribution in [0.25, 0.3) is 0 Å². The molecule has 0 radical (unpaired) electrons. The lowest BCUT2D eigenvalue weighted by atomic mass is 9.95. The molecule has 0 spiro atoms. The lowest BCUT2D eigenvalue weighted by molar-refractivity contribution is 0.429. The number of hydrogen-bond acceptors (Lipinski definition) is 0. The topological polar surface area (TPSA) is 0 Å². The summed E-state index contributed by atoms with van der Waals surface area (Å²) >= 11 is 0. The number of hydrogen-bond donors (Lipinski definition) is 0. The van der Waals surface area contributed by atoms with Crippen molar-refractivity contribution in [1.29, 1.82) is 0 Å². The van der Waals surface area contributed by atoms with E-state index in [0.29, 0.717) is 0 Å². The molecular weight excluding hydrogens is 408 g/mol. The Morgan fingerprint density at radius 1 is 0.294 bits per heavy atom. The lowest BCUT2D eigenvalue weighted by Gasteiger charge is -2.11. The Labute approximate surface area is 219 Å². The second-order valence-electron chi connectivity index (χ2n) is 12.4. The van der Waals surface area contributed by atoms with Crippen LogP contribution in [0.3, 0.4) is 0 Å². The van der Waals surface area contributed by atoms with E-state index in [0.717, 1.165) is 11.8 Å². The van der Waals surface area contributed by atoms with Crippen LogP contribution in [0.5, 0.6) is 0 Å². The van der Waals surface area contributed by atoms with Crippen molar-refractivity contribution in [3.63, 3.8) is 0 Å². The molecule has 0 aliphatic rings. The largest absolute Gasteiger partial charge is 0.0654 e. The van der Waals surface area contributed by atoms with E-state index in [4.69, 9.17) is 0 Å². The molecule has 0 aliphatic heterocycles. The fraction of sp³-hybridized carbons (Fsp3) is 1.00. The summed E-state index contributed by atoms with van der Waals surface area (Å²) in [4.78, 5) is 0. The molecule has 0 aromatic heterocycles. The second-order valence-corrected chi connectivity index (χ2v) is 12.4. The van der Waals surface area contributed by atoms with Gasteiger partial charge in [-0.05, 0) is 11.8 Å². The summed E-state index contributed by atoms with van der Waals surface area (Å²) in [5, 5.41) is 0. The summed E-state index contributed by atoms with van der Waals surface area (Å²) in [6, 6.07) is 0. The summed E-state index contributed by atoms with van der Waals surface area (Å²) < 4.78 is 0. The fourth-order valence-corrected chi connectivity index (χ4v) is 5.47. The highest BCUT2D eigenvalue weighted by Crippen LogP contribution is 2.19. The summed E-state index contributed by atoms with van der Waals surface area (Å²) in [6.45, 7) is 9.51. The van der Waals surface area contributed by atoms with Crippen LogP contribution in [-0.2, 0) is 0 Å². The predicted molar refractivity (Wildman–Crippen MR) is 159 cm³/mol. The SMILES string of the molecule is CCCCCCCCCCCCCCCCCCCCC(C)CCCCCCCCCC(C)C. The molecule has 0 aromatic carbocycles. The van der Waals surface area contributed by atoms with E-state index in [1.807, 2.05) is 0 Å². The van der Waals surface area contributed by atoms with Gasteiger partial charge < -0.3 is 0 Å². The minimum Gasteiger partial charge on any atom is -0.0654 e. The summed E-state index contributed by atoms with van der Waals surface area (Å²) in [5.74, 6) is 1.86. The van der Waals surface area contributed by atoms with Gasteiger partial charge in [0.25, 0.3) is 0 Å². The Kier molecular flexibility index (Phi) is 29.2. The first kappa shape index (κ1) is 34.0. The molecule has 0 aliphatic carbocycles. The predicted octanol–water partition coefficient (Wildman–Crippen LogP) is 13.2. The molecule has 1 unspecified atom stereocenters. The van der Waals surface area contributed by atoms with E-state index in [-0.39, 0.29) is 0 Å². The molecule has 0 amide bonds. The van der Waals surface area contributed by atoms with Crippen molar-refractivity contribution >= 4 is 0 Å². The highest BCUT2D eigenvalue weighted by molar-refractivity contribution is 4.57. The molecule has 0 saturated heterocycles. The zero-order valence-corrected chi connectivity index (χ0v) is 25.0. The quantitative estimate of drug-likeness (QED) is 0.0937. The Balaban J connectivity index is 3.13. The van der Waals surface area contributed by atoms with Crippen LogP contribution >= 0.6 is 0 Å². The highest BCUT2D eigenvalue weighted by Gasteiger charge is 2.02. The van der Waals surface area contributed by atoms with Gasteiger partial charge in [0.2, 0.25) is 0 Å². The third kappa shape index (κ3) is 30.0. The minimum absolute atomic E-state index is 0.894. The van der Waals surface area contributed by atoms with Crippen LogP contribution in [0.1, 0.15) is 207 Å². The second kappa shape index (κ2) is 29.2. The van der Waals surface area contributed by atoms with Gasteiger partial charge in [-0.25, -0.2) is 0 Å². The van der Waals surface area contributed by atoms with E-state index in [1.165, 1.54) is 180 Å². The molecule has 0 rings (SSSR count). The van der Waals surface area contributed by atoms with Gasteiger partial charge in [0.1, 0.15) is 0 Å². The van der Waals surface area contributed by atoms with Crippen LogP contribution in [0, 0.1) is 11.8 Å². The molecule has 0 bridgehead atoms. The van der Waals surface area contributed by atoms with Gasteiger partial charge in [0.15, 0.2) is 0 Å². The van der Waals surface area contributed by atoms with Gasteiger partial charge >= 0.3 is 0 Å². The molecular formula is C34H70. The molecule has 0 heteroatoms. The third-order valence-corrected chi connectivity index (χ3v) is 8.03. The van der Waals surface area contributed by atoms with Crippen LogP contribution in [0.2, 0.25) is 0 Å². The van der Waals surface area contributed by atoms with Crippen molar-refractivity contribution in [2.75, 3.05) is 0 Å². The first-order valence-electron chi connectivity index (χ1n) is 16.7. The minimum atomic E-state index is 0.894. The van der Waals surface area contributed by atoms with Crippen molar-refractivity contribution in [2.45, 2.75) is 207 Å². The normalized spacial score (nSPS) is 12.6. The Hall–Kier alpha value is 0. The Morgan fingerprint density at radius 2 is 0.529 bits per heavy atom. The van der Waals surface area contributed by atoms with Crippen molar-refractivity contribution in [1.82, 2.24) is 0 Å². The summed E-state index contributed by atoms with van der Waals surface area (Å²) in [7, 11) is 0. The maximum atomic E-state index is 2.50. The van der Waals surface area contributed by atoms with Crippen LogP contribution in [-0.4, -0.2) is 0 Å². The standard InChI is InChI=1S/C34H70/c1-5-6-7-8-9-10-11-12-13-14-15-16-17-18-19-22-25-28-31-34(4)32-29-26-23-20-21-24-27-30-33(2)3/h33-34H,5-32H2,1-4H3. The average Bonchev–Trinajstić information content (AvgIpc) is 2.82. The van der Waals surface area contributed by atoms with Gasteiger partial charge in [-0.2, -0.15) is 0 Å². The van der Waals surface area contributed by atoms with Crippen molar-refractivity contribution < 1.29 is 0 Å². The maximum Gasteiger partial charge on any atom is -0.0443 e. The smallest absolute Gasteiger partial charge is 0.0443 e. The van der Waals surface area contributed by atoms with Crippen molar-refractivity contribution in [2.24, 2.45) is 11.8 Å². The molecule has 206 valence electrons. The van der Waals surface area contributed by atoms with Crippen molar-refractivity contribution in [3.05, 3.63) is 0 Å². The van der Waals surface area contributed by atoms with Crippen LogP contribution < -0.4 is 0 Å². The molecule has 34 heavy (non-hydrogen) atoms. The first-order chi connectivity index (χ1) is 16.7. The Morgan fingerprint density at radius 3 is 0.794 bits per heavy atom. The van der Waals surface area contributed by atoms with Gasteiger partial charge in [-0.3, -0.25) is 0 Å². The van der Waals surface area contributed by atoms with Gasteiger partial charge in [0, 0.05) is 0 Å². The fourth-order valence-electron chi connectivity index (χ4n) is 5.47. The number of rotatable bonds is 29. The van der Waals surface area contributed by atoms with Gasteiger partial charge in [0.05, 0.1) is 0 Å². The zero-order chi connectivity index (χ0) is 25.0. The molecule has 1 atom stereocenters. The first-order valence-corrected chi connectivity index (χ1v) is 16.7. The molecule has 0 heterocycles. The third-order valence-electron chi connectivity index (χ3n) is 8.03. The summed E-state index contributed by atoms with van der Waals surface area (Å²) in [5.41, 5.74) is 0. The van der Waals surface area contributed by atoms with E-state index >= 15 is 0 Å². The molecule has 0 N–H and O–H groups in total. The van der Waals surface area contributed by atoms with Crippen LogP contribution in [0.15, 0.2) is 0 Å². The van der Waals surface area contributed by atoms with E-state index in [1.54, 1.807) is 0 Å². The molecule has 0 aromatic rings. The van der Waals surface area contributed by atoms with Crippen molar-refractivity contribution in [3.8, 4) is 0 Å². The molecule has 0 nitrogen and oxygen atoms in total. The zero-order valence-electron chi connectivity index (χ0n) is 25.0. The average molecular weight is 479 g/mol. The maximum absolute atomic E-state index is 2.50. The summed E-state index contributed by atoms with van der Waals surface area (Å²) in [6.07, 6.45) is 41.3. The number of unbranched alkanes of at least 4 members (excludes halogenated alkanes) is 23. The highest BCUT2D eigenvalue weighted by atomic mass is 14.1. The molecule has 0 saturated carbocycles. The van der Waals surface area contributed by atoms with E-state index in [2.05, 4.69) is 27.7 Å². The lowest BCUT2D eigenvalue weighted by Crippen LogP contribution is -1.95. The molecule has 0 fully saturated rings. The van der Waals surface area contributed by atoms with E-state index in [9.17, 15) is 0 Å². The van der Waals surface area contributed by atoms with Gasteiger partial charge in [-0.15, -0.1) is 0 Å². The van der Waals surface area contributed by atoms with Gasteiger partial charge in [-0.1, -0.05) is 207 Å². The Bertz CT molecular complexity index is 344. The monoisotopic (exact) mass is 479 g/mol.